The average molecular weight is 349 g/mol. The summed E-state index contributed by atoms with van der Waals surface area (Å²) in [6.45, 7) is 1.41. The average Bonchev–Trinajstić information content (AvgIpc) is 2.59. The standard InChI is InChI=1S/C17H17ClN2O4/c1-11(19-20-14-6-4-13(18)5-7-14)12-3-8-15(16(9-12)23-2)24-10-17(21)22/h3-9,20H,10H2,1-2H3,(H,21,22)/b19-11-. The lowest BCUT2D eigenvalue weighted by Crippen LogP contribution is -2.10. The number of nitrogens with one attached hydrogen (secondary N) is 1. The van der Waals surface area contributed by atoms with Crippen molar-refractivity contribution in [3.8, 4) is 11.5 Å². The van der Waals surface area contributed by atoms with Crippen molar-refractivity contribution in [1.82, 2.24) is 0 Å². The summed E-state index contributed by atoms with van der Waals surface area (Å²) in [6, 6.07) is 12.4. The number of benzene rings is 2. The maximum absolute atomic E-state index is 10.6. The molecule has 2 aromatic carbocycles. The molecule has 0 aliphatic carbocycles. The topological polar surface area (TPSA) is 80.1 Å². The molecular formula is C17H17ClN2O4. The van der Waals surface area contributed by atoms with Crippen molar-refractivity contribution in [2.24, 2.45) is 5.10 Å². The molecule has 0 spiro atoms. The number of methoxy groups -OCH3 is 1. The van der Waals surface area contributed by atoms with Gasteiger partial charge in [-0.3, -0.25) is 5.43 Å². The highest BCUT2D eigenvalue weighted by atomic mass is 35.5. The first kappa shape index (κ1) is 17.6. The summed E-state index contributed by atoms with van der Waals surface area (Å²) in [5.74, 6) is -0.247. The van der Waals surface area contributed by atoms with Crippen LogP contribution in [0.2, 0.25) is 5.02 Å². The summed E-state index contributed by atoms with van der Waals surface area (Å²) in [5, 5.41) is 13.6. The monoisotopic (exact) mass is 348 g/mol. The second-order valence-corrected chi connectivity index (χ2v) is 5.30. The van der Waals surface area contributed by atoms with Crippen molar-refractivity contribution in [2.75, 3.05) is 19.1 Å². The van der Waals surface area contributed by atoms with Gasteiger partial charge >= 0.3 is 5.97 Å². The van der Waals surface area contributed by atoms with Gasteiger partial charge in [0.1, 0.15) is 0 Å². The molecule has 0 aliphatic rings. The summed E-state index contributed by atoms with van der Waals surface area (Å²) in [6.07, 6.45) is 0. The fourth-order valence-corrected chi connectivity index (χ4v) is 2.01. The smallest absolute Gasteiger partial charge is 0.341 e. The van der Waals surface area contributed by atoms with E-state index in [9.17, 15) is 4.79 Å². The van der Waals surface area contributed by atoms with Gasteiger partial charge in [-0.15, -0.1) is 0 Å². The summed E-state index contributed by atoms with van der Waals surface area (Å²) in [4.78, 5) is 10.6. The molecule has 6 nitrogen and oxygen atoms in total. The molecule has 0 heterocycles. The fraction of sp³-hybridized carbons (Fsp3) is 0.176. The molecule has 2 aromatic rings. The van der Waals surface area contributed by atoms with Crippen LogP contribution in [0.3, 0.4) is 0 Å². The van der Waals surface area contributed by atoms with E-state index in [1.54, 1.807) is 30.3 Å². The third kappa shape index (κ3) is 4.89. The maximum atomic E-state index is 10.6. The fourth-order valence-electron chi connectivity index (χ4n) is 1.89. The van der Waals surface area contributed by atoms with Crippen molar-refractivity contribution in [1.29, 1.82) is 0 Å². The molecule has 126 valence electrons. The van der Waals surface area contributed by atoms with E-state index in [0.29, 0.717) is 16.5 Å². The van der Waals surface area contributed by atoms with E-state index in [4.69, 9.17) is 26.2 Å². The molecule has 0 aromatic heterocycles. The Morgan fingerprint density at radius 3 is 2.54 bits per heavy atom. The van der Waals surface area contributed by atoms with E-state index in [2.05, 4.69) is 10.5 Å². The lowest BCUT2D eigenvalue weighted by molar-refractivity contribution is -0.139. The van der Waals surface area contributed by atoms with E-state index in [1.807, 2.05) is 19.1 Å². The minimum atomic E-state index is -1.05. The van der Waals surface area contributed by atoms with Crippen LogP contribution in [0.1, 0.15) is 12.5 Å². The second kappa shape index (κ2) is 8.21. The van der Waals surface area contributed by atoms with Crippen LogP contribution in [0, 0.1) is 0 Å². The number of halogens is 1. The van der Waals surface area contributed by atoms with Crippen molar-refractivity contribution < 1.29 is 19.4 Å². The molecular weight excluding hydrogens is 332 g/mol. The zero-order chi connectivity index (χ0) is 17.5. The Morgan fingerprint density at radius 1 is 1.21 bits per heavy atom. The minimum absolute atomic E-state index is 0.363. The van der Waals surface area contributed by atoms with Gasteiger partial charge in [-0.1, -0.05) is 11.6 Å². The number of carboxylic acids is 1. The van der Waals surface area contributed by atoms with Crippen molar-refractivity contribution >= 4 is 29.0 Å². The first-order chi connectivity index (χ1) is 11.5. The number of hydrazone groups is 1. The van der Waals surface area contributed by atoms with Gasteiger partial charge in [-0.05, 0) is 49.4 Å². The molecule has 0 saturated carbocycles. The Kier molecular flexibility index (Phi) is 6.03. The third-order valence-corrected chi connectivity index (χ3v) is 3.38. The zero-order valence-electron chi connectivity index (χ0n) is 13.2. The number of carbonyl (C=O) groups is 1. The molecule has 0 atom stereocenters. The quantitative estimate of drug-likeness (QED) is 0.589. The lowest BCUT2D eigenvalue weighted by atomic mass is 10.1. The first-order valence-electron chi connectivity index (χ1n) is 7.08. The van der Waals surface area contributed by atoms with Crippen LogP contribution in [0.25, 0.3) is 0 Å². The Balaban J connectivity index is 2.13. The molecule has 2 rings (SSSR count). The molecule has 0 unspecified atom stereocenters. The van der Waals surface area contributed by atoms with Crippen molar-refractivity contribution in [3.63, 3.8) is 0 Å². The summed E-state index contributed by atoms with van der Waals surface area (Å²) in [5.41, 5.74) is 5.30. The molecule has 0 saturated heterocycles. The van der Waals surface area contributed by atoms with E-state index in [1.165, 1.54) is 7.11 Å². The number of hydrogen-bond acceptors (Lipinski definition) is 5. The van der Waals surface area contributed by atoms with Gasteiger partial charge in [0, 0.05) is 10.6 Å². The minimum Gasteiger partial charge on any atom is -0.493 e. The third-order valence-electron chi connectivity index (χ3n) is 3.13. The van der Waals surface area contributed by atoms with E-state index >= 15 is 0 Å². The molecule has 0 amide bonds. The molecule has 0 fully saturated rings. The van der Waals surface area contributed by atoms with Crippen molar-refractivity contribution in [2.45, 2.75) is 6.92 Å². The number of anilines is 1. The molecule has 24 heavy (non-hydrogen) atoms. The van der Waals surface area contributed by atoms with E-state index in [-0.39, 0.29) is 0 Å². The highest BCUT2D eigenvalue weighted by molar-refractivity contribution is 6.30. The van der Waals surface area contributed by atoms with E-state index < -0.39 is 12.6 Å². The van der Waals surface area contributed by atoms with Gasteiger partial charge in [-0.2, -0.15) is 5.10 Å². The van der Waals surface area contributed by atoms with Crippen LogP contribution >= 0.6 is 11.6 Å². The van der Waals surface area contributed by atoms with Crippen molar-refractivity contribution in [3.05, 3.63) is 53.1 Å². The summed E-state index contributed by atoms with van der Waals surface area (Å²) >= 11 is 5.84. The van der Waals surface area contributed by atoms with Crippen LogP contribution in [0.5, 0.6) is 11.5 Å². The van der Waals surface area contributed by atoms with Gasteiger partial charge in [0.2, 0.25) is 0 Å². The lowest BCUT2D eigenvalue weighted by Gasteiger charge is -2.11. The predicted molar refractivity (Wildman–Crippen MR) is 93.4 cm³/mol. The Bertz CT molecular complexity index is 745. The normalized spacial score (nSPS) is 11.0. The predicted octanol–water partition coefficient (Wildman–Crippen LogP) is 3.65. The van der Waals surface area contributed by atoms with Crippen LogP contribution in [0.4, 0.5) is 5.69 Å². The first-order valence-corrected chi connectivity index (χ1v) is 7.46. The highest BCUT2D eigenvalue weighted by Gasteiger charge is 2.09. The Morgan fingerprint density at radius 2 is 1.92 bits per heavy atom. The number of aliphatic carboxylic acids is 1. The molecule has 0 aliphatic heterocycles. The van der Waals surface area contributed by atoms with Crippen LogP contribution in [0.15, 0.2) is 47.6 Å². The Hall–Kier alpha value is -2.73. The van der Waals surface area contributed by atoms with Crippen LogP contribution < -0.4 is 14.9 Å². The number of carboxylic acid groups (broad SMARTS) is 1. The van der Waals surface area contributed by atoms with Crippen LogP contribution in [-0.4, -0.2) is 30.5 Å². The highest BCUT2D eigenvalue weighted by Crippen LogP contribution is 2.28. The summed E-state index contributed by atoms with van der Waals surface area (Å²) < 4.78 is 10.4. The van der Waals surface area contributed by atoms with Gasteiger partial charge in [0.25, 0.3) is 0 Å². The van der Waals surface area contributed by atoms with Gasteiger partial charge in [-0.25, -0.2) is 4.79 Å². The number of rotatable bonds is 7. The largest absolute Gasteiger partial charge is 0.493 e. The summed E-state index contributed by atoms with van der Waals surface area (Å²) in [7, 11) is 1.49. The molecule has 7 heteroatoms. The van der Waals surface area contributed by atoms with Crippen LogP contribution in [-0.2, 0) is 4.79 Å². The Labute approximate surface area is 144 Å². The number of hydrogen-bond donors (Lipinski definition) is 2. The SMILES string of the molecule is COc1cc(/C(C)=N\Nc2ccc(Cl)cc2)ccc1OCC(=O)O. The number of ether oxygens (including phenoxy) is 2. The van der Waals surface area contributed by atoms with E-state index in [0.717, 1.165) is 17.0 Å². The zero-order valence-corrected chi connectivity index (χ0v) is 14.0. The van der Waals surface area contributed by atoms with Gasteiger partial charge < -0.3 is 14.6 Å². The molecule has 0 radical (unpaired) electrons. The molecule has 2 N–H and O–H groups in total. The maximum Gasteiger partial charge on any atom is 0.341 e. The van der Waals surface area contributed by atoms with Gasteiger partial charge in [0.05, 0.1) is 18.5 Å². The molecule has 0 bridgehead atoms. The second-order valence-electron chi connectivity index (χ2n) is 4.86. The van der Waals surface area contributed by atoms with Gasteiger partial charge in [0.15, 0.2) is 18.1 Å². The number of nitrogens with zero attached hydrogens (tertiary/aromatic N) is 1.